The van der Waals surface area contributed by atoms with Crippen LogP contribution in [0.5, 0.6) is 0 Å². The molecular formula is C9H10F3N. The maximum absolute atomic E-state index is 13.0. The molecule has 0 aliphatic rings. The Bertz CT molecular complexity index is 312. The molecule has 0 aliphatic heterocycles. The molecule has 2 N–H and O–H groups in total. The summed E-state index contributed by atoms with van der Waals surface area (Å²) in [6.45, 7) is 1.07. The summed E-state index contributed by atoms with van der Waals surface area (Å²) in [6, 6.07) is 2.54. The van der Waals surface area contributed by atoms with Gasteiger partial charge in [0, 0.05) is 12.1 Å². The van der Waals surface area contributed by atoms with Crippen LogP contribution in [0.1, 0.15) is 17.3 Å². The molecule has 1 nitrogen and oxygen atoms in total. The van der Waals surface area contributed by atoms with Gasteiger partial charge in [0.15, 0.2) is 11.6 Å². The maximum Gasteiger partial charge on any atom is 0.165 e. The Labute approximate surface area is 74.4 Å². The van der Waals surface area contributed by atoms with Crippen LogP contribution in [0.25, 0.3) is 0 Å². The molecule has 0 aliphatic carbocycles. The van der Waals surface area contributed by atoms with E-state index in [0.29, 0.717) is 0 Å². The van der Waals surface area contributed by atoms with Gasteiger partial charge in [0.25, 0.3) is 0 Å². The predicted octanol–water partition coefficient (Wildman–Crippen LogP) is 2.24. The number of aryl methyl sites for hydroxylation is 1. The van der Waals surface area contributed by atoms with Gasteiger partial charge in [-0.2, -0.15) is 0 Å². The first kappa shape index (κ1) is 10.1. The molecule has 13 heavy (non-hydrogen) atoms. The third-order valence-electron chi connectivity index (χ3n) is 1.85. The van der Waals surface area contributed by atoms with Crippen molar-refractivity contribution in [3.05, 3.63) is 34.9 Å². The van der Waals surface area contributed by atoms with Crippen molar-refractivity contribution in [1.29, 1.82) is 0 Å². The van der Waals surface area contributed by atoms with Gasteiger partial charge in [-0.15, -0.1) is 0 Å². The summed E-state index contributed by atoms with van der Waals surface area (Å²) in [5.74, 6) is -2.15. The highest BCUT2D eigenvalue weighted by molar-refractivity contribution is 5.27. The van der Waals surface area contributed by atoms with Crippen LogP contribution in [-0.4, -0.2) is 6.54 Å². The molecule has 0 aromatic heterocycles. The van der Waals surface area contributed by atoms with Gasteiger partial charge in [-0.05, 0) is 12.5 Å². The lowest BCUT2D eigenvalue weighted by Gasteiger charge is -2.08. The molecule has 0 spiro atoms. The minimum absolute atomic E-state index is 0.158. The highest BCUT2D eigenvalue weighted by Gasteiger charge is 2.17. The molecule has 0 saturated heterocycles. The second-order valence-electron chi connectivity index (χ2n) is 2.80. The number of halogens is 3. The number of nitrogens with two attached hydrogens (primary N) is 1. The van der Waals surface area contributed by atoms with Gasteiger partial charge in [-0.25, -0.2) is 13.2 Å². The smallest absolute Gasteiger partial charge is 0.165 e. The van der Waals surface area contributed by atoms with E-state index in [9.17, 15) is 13.2 Å². The van der Waals surface area contributed by atoms with E-state index in [1.165, 1.54) is 19.1 Å². The van der Waals surface area contributed by atoms with Gasteiger partial charge in [0.1, 0.15) is 6.17 Å². The van der Waals surface area contributed by atoms with Crippen molar-refractivity contribution < 1.29 is 13.2 Å². The highest BCUT2D eigenvalue weighted by Crippen LogP contribution is 2.23. The van der Waals surface area contributed by atoms with Gasteiger partial charge in [0.05, 0.1) is 0 Å². The first-order valence-electron chi connectivity index (χ1n) is 3.86. The number of rotatable bonds is 2. The maximum atomic E-state index is 13.0. The van der Waals surface area contributed by atoms with E-state index < -0.39 is 17.8 Å². The molecule has 0 heterocycles. The fraction of sp³-hybridized carbons (Fsp3) is 0.333. The predicted molar refractivity (Wildman–Crippen MR) is 44.0 cm³/mol. The molecule has 1 rings (SSSR count). The van der Waals surface area contributed by atoms with Crippen LogP contribution in [0, 0.1) is 18.6 Å². The summed E-state index contributed by atoms with van der Waals surface area (Å²) in [5.41, 5.74) is 4.84. The summed E-state index contributed by atoms with van der Waals surface area (Å²) in [7, 11) is 0. The summed E-state index contributed by atoms with van der Waals surface area (Å²) < 4.78 is 38.8. The number of benzene rings is 1. The second-order valence-corrected chi connectivity index (χ2v) is 2.80. The van der Waals surface area contributed by atoms with Crippen molar-refractivity contribution in [2.24, 2.45) is 5.73 Å². The quantitative estimate of drug-likeness (QED) is 0.758. The lowest BCUT2D eigenvalue weighted by atomic mass is 10.1. The van der Waals surface area contributed by atoms with E-state index in [1.807, 2.05) is 0 Å². The molecule has 1 unspecified atom stereocenters. The van der Waals surface area contributed by atoms with Gasteiger partial charge in [-0.1, -0.05) is 12.1 Å². The van der Waals surface area contributed by atoms with E-state index in [4.69, 9.17) is 5.73 Å². The first-order chi connectivity index (χ1) is 6.07. The van der Waals surface area contributed by atoms with Crippen LogP contribution in [0.3, 0.4) is 0 Å². The van der Waals surface area contributed by atoms with E-state index in [1.54, 1.807) is 0 Å². The zero-order valence-corrected chi connectivity index (χ0v) is 7.15. The molecule has 1 aromatic rings. The van der Waals surface area contributed by atoms with Crippen molar-refractivity contribution in [2.45, 2.75) is 13.1 Å². The Kier molecular flexibility index (Phi) is 2.93. The second kappa shape index (κ2) is 3.79. The zero-order valence-electron chi connectivity index (χ0n) is 7.15. The monoisotopic (exact) mass is 189 g/mol. The molecular weight excluding hydrogens is 179 g/mol. The van der Waals surface area contributed by atoms with E-state index in [0.717, 1.165) is 0 Å². The van der Waals surface area contributed by atoms with Crippen molar-refractivity contribution >= 4 is 0 Å². The Morgan fingerprint density at radius 3 is 2.46 bits per heavy atom. The largest absolute Gasteiger partial charge is 0.327 e. The topological polar surface area (TPSA) is 26.0 Å². The molecule has 0 fully saturated rings. The fourth-order valence-electron chi connectivity index (χ4n) is 1.03. The summed E-state index contributed by atoms with van der Waals surface area (Å²) in [4.78, 5) is 0. The van der Waals surface area contributed by atoms with Crippen molar-refractivity contribution in [3.63, 3.8) is 0 Å². The lowest BCUT2D eigenvalue weighted by Crippen LogP contribution is -2.10. The third-order valence-corrected chi connectivity index (χ3v) is 1.85. The molecule has 72 valence electrons. The fourth-order valence-corrected chi connectivity index (χ4v) is 1.03. The van der Waals surface area contributed by atoms with Gasteiger partial charge < -0.3 is 5.73 Å². The Morgan fingerprint density at radius 2 is 1.92 bits per heavy atom. The van der Waals surface area contributed by atoms with Crippen LogP contribution in [-0.2, 0) is 0 Å². The average Bonchev–Trinajstić information content (AvgIpc) is 2.13. The van der Waals surface area contributed by atoms with Crippen molar-refractivity contribution in [1.82, 2.24) is 0 Å². The van der Waals surface area contributed by atoms with E-state index in [2.05, 4.69) is 0 Å². The van der Waals surface area contributed by atoms with Crippen molar-refractivity contribution in [2.75, 3.05) is 6.54 Å². The Morgan fingerprint density at radius 1 is 1.31 bits per heavy atom. The van der Waals surface area contributed by atoms with Gasteiger partial charge in [0.2, 0.25) is 0 Å². The van der Waals surface area contributed by atoms with Crippen molar-refractivity contribution in [3.8, 4) is 0 Å². The van der Waals surface area contributed by atoms with Crippen LogP contribution >= 0.6 is 0 Å². The van der Waals surface area contributed by atoms with Crippen LogP contribution in [0.2, 0.25) is 0 Å². The number of alkyl halides is 1. The highest BCUT2D eigenvalue weighted by atomic mass is 19.2. The lowest BCUT2D eigenvalue weighted by molar-refractivity contribution is 0.335. The Balaban J connectivity index is 3.18. The van der Waals surface area contributed by atoms with E-state index in [-0.39, 0.29) is 17.7 Å². The summed E-state index contributed by atoms with van der Waals surface area (Å²) in [6.07, 6.45) is -1.64. The average molecular weight is 189 g/mol. The SMILES string of the molecule is Cc1ccc(C(F)CN)c(F)c1F. The summed E-state index contributed by atoms with van der Waals surface area (Å²) in [5, 5.41) is 0. The normalized spacial score (nSPS) is 13.0. The molecule has 0 saturated carbocycles. The molecule has 1 aromatic carbocycles. The van der Waals surface area contributed by atoms with Crippen LogP contribution < -0.4 is 5.73 Å². The van der Waals surface area contributed by atoms with Gasteiger partial charge in [-0.3, -0.25) is 0 Å². The molecule has 0 radical (unpaired) electrons. The number of hydrogen-bond donors (Lipinski definition) is 1. The van der Waals surface area contributed by atoms with E-state index >= 15 is 0 Å². The minimum Gasteiger partial charge on any atom is -0.327 e. The molecule has 4 heteroatoms. The first-order valence-corrected chi connectivity index (χ1v) is 3.86. The standard InChI is InChI=1S/C9H10F3N/c1-5-2-3-6(7(10)4-13)9(12)8(5)11/h2-3,7H,4,13H2,1H3. The van der Waals surface area contributed by atoms with Gasteiger partial charge >= 0.3 is 0 Å². The molecule has 0 bridgehead atoms. The molecule has 1 atom stereocenters. The number of hydrogen-bond acceptors (Lipinski definition) is 1. The van der Waals surface area contributed by atoms with Crippen LogP contribution in [0.15, 0.2) is 12.1 Å². The zero-order chi connectivity index (χ0) is 10.0. The summed E-state index contributed by atoms with van der Waals surface area (Å²) >= 11 is 0. The van der Waals surface area contributed by atoms with Crippen LogP contribution in [0.4, 0.5) is 13.2 Å². The minimum atomic E-state index is -1.64. The molecule has 0 amide bonds. The third kappa shape index (κ3) is 1.83. The Hall–Kier alpha value is -1.03.